The first-order valence-corrected chi connectivity index (χ1v) is 6.39. The van der Waals surface area contributed by atoms with Crippen molar-refractivity contribution in [3.05, 3.63) is 34.6 Å². The van der Waals surface area contributed by atoms with Crippen LogP contribution >= 0.6 is 0 Å². The van der Waals surface area contributed by atoms with Gasteiger partial charge in [0.25, 0.3) is 5.91 Å². The minimum absolute atomic E-state index is 0.0677. The average Bonchev–Trinajstić information content (AvgIpc) is 2.78. The maximum Gasteiger partial charge on any atom is 0.255 e. The number of nitrogens with zero attached hydrogens (tertiary/aromatic N) is 2. The summed E-state index contributed by atoms with van der Waals surface area (Å²) in [6, 6.07) is 3.58. The van der Waals surface area contributed by atoms with Gasteiger partial charge in [0, 0.05) is 17.5 Å². The number of carbonyl (C=O) groups excluding carboxylic acids is 3. The second kappa shape index (κ2) is 4.66. The molecule has 0 spiro atoms. The van der Waals surface area contributed by atoms with Crippen molar-refractivity contribution < 1.29 is 18.8 Å². The lowest BCUT2D eigenvalue weighted by Gasteiger charge is -2.29. The van der Waals surface area contributed by atoms with Crippen LogP contribution in [0.25, 0.3) is 0 Å². The van der Waals surface area contributed by atoms with E-state index < -0.39 is 23.7 Å². The first kappa shape index (κ1) is 13.2. The molecule has 1 aromatic carbocycles. The molecule has 7 heteroatoms. The van der Waals surface area contributed by atoms with Gasteiger partial charge in [0.05, 0.1) is 12.1 Å². The molecule has 1 saturated heterocycles. The zero-order valence-electron chi connectivity index (χ0n) is 10.9. The lowest BCUT2D eigenvalue weighted by atomic mass is 10.0. The lowest BCUT2D eigenvalue weighted by Crippen LogP contribution is -2.52. The molecule has 2 heterocycles. The van der Waals surface area contributed by atoms with E-state index in [1.54, 1.807) is 6.07 Å². The number of carbonyl (C=O) groups is 3. The normalized spacial score (nSPS) is 21.0. The van der Waals surface area contributed by atoms with Crippen LogP contribution in [0.3, 0.4) is 0 Å². The fourth-order valence-corrected chi connectivity index (χ4v) is 2.69. The number of hydrogen-bond donors (Lipinski definition) is 1. The summed E-state index contributed by atoms with van der Waals surface area (Å²) in [6.45, 7) is -0.0677. The Kier molecular flexibility index (Phi) is 2.94. The zero-order valence-corrected chi connectivity index (χ0v) is 10.9. The molecule has 6 nitrogen and oxygen atoms in total. The summed E-state index contributed by atoms with van der Waals surface area (Å²) in [5.74, 6) is -2.10. The number of halogens is 1. The summed E-state index contributed by atoms with van der Waals surface area (Å²) in [5, 5.41) is 11.0. The molecule has 2 aliphatic heterocycles. The third-order valence-electron chi connectivity index (χ3n) is 3.77. The molecule has 0 aromatic heterocycles. The highest BCUT2D eigenvalue weighted by atomic mass is 19.1. The van der Waals surface area contributed by atoms with Gasteiger partial charge in [-0.05, 0) is 18.6 Å². The van der Waals surface area contributed by atoms with Crippen LogP contribution in [0.15, 0.2) is 12.1 Å². The van der Waals surface area contributed by atoms with E-state index in [0.717, 1.165) is 0 Å². The average molecular weight is 287 g/mol. The standard InChI is InChI=1S/C14H10FN3O3/c15-12-7(5-16)1-2-8-9(12)6-18(14(8)21)10-3-4-11(19)17-13(10)20/h1-2,10H,3-4,6H2,(H,17,19,20). The molecule has 1 N–H and O–H groups in total. The van der Waals surface area contributed by atoms with E-state index in [1.165, 1.54) is 17.0 Å². The van der Waals surface area contributed by atoms with Gasteiger partial charge < -0.3 is 4.90 Å². The fraction of sp³-hybridized carbons (Fsp3) is 0.286. The Balaban J connectivity index is 1.94. The van der Waals surface area contributed by atoms with E-state index >= 15 is 0 Å². The van der Waals surface area contributed by atoms with Gasteiger partial charge in [-0.25, -0.2) is 4.39 Å². The summed E-state index contributed by atoms with van der Waals surface area (Å²) in [4.78, 5) is 36.5. The smallest absolute Gasteiger partial charge is 0.255 e. The molecule has 0 aliphatic carbocycles. The van der Waals surface area contributed by atoms with Gasteiger partial charge in [0.2, 0.25) is 11.8 Å². The topological polar surface area (TPSA) is 90.3 Å². The quantitative estimate of drug-likeness (QED) is 0.760. The fourth-order valence-electron chi connectivity index (χ4n) is 2.69. The molecular weight excluding hydrogens is 277 g/mol. The van der Waals surface area contributed by atoms with E-state index in [1.807, 2.05) is 0 Å². The number of nitriles is 1. The Morgan fingerprint density at radius 2 is 2.10 bits per heavy atom. The lowest BCUT2D eigenvalue weighted by molar-refractivity contribution is -0.136. The third-order valence-corrected chi connectivity index (χ3v) is 3.77. The number of rotatable bonds is 1. The van der Waals surface area contributed by atoms with Gasteiger partial charge in [-0.1, -0.05) is 0 Å². The largest absolute Gasteiger partial charge is 0.322 e. The first-order chi connectivity index (χ1) is 10.0. The van der Waals surface area contributed by atoms with Crippen LogP contribution in [0, 0.1) is 17.1 Å². The van der Waals surface area contributed by atoms with E-state index in [2.05, 4.69) is 5.32 Å². The number of benzene rings is 1. The van der Waals surface area contributed by atoms with Crippen LogP contribution in [-0.2, 0) is 16.1 Å². The second-order valence-corrected chi connectivity index (χ2v) is 4.96. The summed E-state index contributed by atoms with van der Waals surface area (Å²) >= 11 is 0. The summed E-state index contributed by atoms with van der Waals surface area (Å²) < 4.78 is 14.1. The molecule has 106 valence electrons. The van der Waals surface area contributed by atoms with Crippen molar-refractivity contribution in [3.63, 3.8) is 0 Å². The van der Waals surface area contributed by atoms with E-state index in [9.17, 15) is 18.8 Å². The Hall–Kier alpha value is -2.75. The second-order valence-electron chi connectivity index (χ2n) is 4.96. The Morgan fingerprint density at radius 1 is 1.33 bits per heavy atom. The van der Waals surface area contributed by atoms with E-state index in [-0.39, 0.29) is 42.0 Å². The molecule has 2 aliphatic rings. The predicted octanol–water partition coefficient (Wildman–Crippen LogP) is 0.458. The molecule has 0 bridgehead atoms. The van der Waals surface area contributed by atoms with Gasteiger partial charge in [-0.2, -0.15) is 5.26 Å². The van der Waals surface area contributed by atoms with Gasteiger partial charge in [0.15, 0.2) is 0 Å². The van der Waals surface area contributed by atoms with Gasteiger partial charge >= 0.3 is 0 Å². The highest BCUT2D eigenvalue weighted by Crippen LogP contribution is 2.30. The Bertz CT molecular complexity index is 723. The van der Waals surface area contributed by atoms with Crippen LogP contribution in [-0.4, -0.2) is 28.7 Å². The number of piperidine rings is 1. The van der Waals surface area contributed by atoms with Crippen LogP contribution in [0.5, 0.6) is 0 Å². The van der Waals surface area contributed by atoms with Crippen molar-refractivity contribution in [2.75, 3.05) is 0 Å². The zero-order chi connectivity index (χ0) is 15.1. The molecule has 3 rings (SSSR count). The monoisotopic (exact) mass is 287 g/mol. The van der Waals surface area contributed by atoms with Crippen LogP contribution in [0.2, 0.25) is 0 Å². The summed E-state index contributed by atoms with van der Waals surface area (Å²) in [5.41, 5.74) is 0.159. The number of nitrogens with one attached hydrogen (secondary N) is 1. The number of fused-ring (bicyclic) bond motifs is 1. The molecule has 3 amide bonds. The van der Waals surface area contributed by atoms with Crippen LogP contribution in [0.1, 0.15) is 34.3 Å². The van der Waals surface area contributed by atoms with Gasteiger partial charge in [-0.15, -0.1) is 0 Å². The SMILES string of the molecule is N#Cc1ccc2c(c1F)CN(C1CCC(=O)NC1=O)C2=O. The summed E-state index contributed by atoms with van der Waals surface area (Å²) in [6.07, 6.45) is 0.361. The van der Waals surface area contributed by atoms with Gasteiger partial charge in [-0.3, -0.25) is 19.7 Å². The maximum atomic E-state index is 14.1. The van der Waals surface area contributed by atoms with Crippen LogP contribution in [0.4, 0.5) is 4.39 Å². The number of imide groups is 1. The van der Waals surface area contributed by atoms with Crippen LogP contribution < -0.4 is 5.32 Å². The molecule has 1 unspecified atom stereocenters. The number of hydrogen-bond acceptors (Lipinski definition) is 4. The molecule has 1 fully saturated rings. The Labute approximate surface area is 119 Å². The van der Waals surface area contributed by atoms with Crippen molar-refractivity contribution in [2.24, 2.45) is 0 Å². The molecule has 0 radical (unpaired) electrons. The molecule has 1 atom stereocenters. The molecular formula is C14H10FN3O3. The highest BCUT2D eigenvalue weighted by molar-refractivity contribution is 6.05. The van der Waals surface area contributed by atoms with Crippen molar-refractivity contribution in [2.45, 2.75) is 25.4 Å². The van der Waals surface area contributed by atoms with Crippen molar-refractivity contribution in [1.29, 1.82) is 5.26 Å². The van der Waals surface area contributed by atoms with E-state index in [4.69, 9.17) is 5.26 Å². The number of amides is 3. The molecule has 21 heavy (non-hydrogen) atoms. The van der Waals surface area contributed by atoms with Crippen molar-refractivity contribution in [3.8, 4) is 6.07 Å². The molecule has 0 saturated carbocycles. The minimum Gasteiger partial charge on any atom is -0.322 e. The van der Waals surface area contributed by atoms with Crippen molar-refractivity contribution in [1.82, 2.24) is 10.2 Å². The minimum atomic E-state index is -0.785. The predicted molar refractivity (Wildman–Crippen MR) is 67.2 cm³/mol. The van der Waals surface area contributed by atoms with Crippen molar-refractivity contribution >= 4 is 17.7 Å². The Morgan fingerprint density at radius 3 is 2.76 bits per heavy atom. The maximum absolute atomic E-state index is 14.1. The first-order valence-electron chi connectivity index (χ1n) is 6.39. The third kappa shape index (κ3) is 1.96. The summed E-state index contributed by atoms with van der Waals surface area (Å²) in [7, 11) is 0. The highest BCUT2D eigenvalue weighted by Gasteiger charge is 2.40. The molecule has 1 aromatic rings. The van der Waals surface area contributed by atoms with Gasteiger partial charge in [0.1, 0.15) is 17.9 Å². The van der Waals surface area contributed by atoms with E-state index in [0.29, 0.717) is 0 Å².